The number of hydrogen-bond donors (Lipinski definition) is 1. The Morgan fingerprint density at radius 1 is 1.03 bits per heavy atom. The van der Waals surface area contributed by atoms with Crippen molar-refractivity contribution in [3.05, 3.63) is 95.7 Å². The minimum absolute atomic E-state index is 0.201. The second-order valence-electron chi connectivity index (χ2n) is 7.38. The molecule has 0 spiro atoms. The van der Waals surface area contributed by atoms with Crippen molar-refractivity contribution in [1.29, 1.82) is 5.26 Å². The average Bonchev–Trinajstić information content (AvgIpc) is 2.91. The predicted molar refractivity (Wildman–Crippen MR) is 131 cm³/mol. The van der Waals surface area contributed by atoms with E-state index in [9.17, 15) is 10.1 Å². The van der Waals surface area contributed by atoms with Gasteiger partial charge in [-0.05, 0) is 42.0 Å². The molecule has 0 bridgehead atoms. The number of nitrogens with zero attached hydrogens (tertiary/aromatic N) is 3. The molecule has 174 valence electrons. The normalized spacial score (nSPS) is 10.6. The van der Waals surface area contributed by atoms with Gasteiger partial charge in [0.05, 0.1) is 25.0 Å². The molecule has 0 aliphatic heterocycles. The first-order valence-corrected chi connectivity index (χ1v) is 10.7. The van der Waals surface area contributed by atoms with Crippen LogP contribution >= 0.6 is 0 Å². The van der Waals surface area contributed by atoms with Gasteiger partial charge in [0.25, 0.3) is 5.91 Å². The minimum atomic E-state index is -0.405. The Hall–Kier alpha value is -4.90. The fourth-order valence-corrected chi connectivity index (χ4v) is 3.34. The number of carbonyl (C=O) groups is 1. The van der Waals surface area contributed by atoms with Gasteiger partial charge in [-0.1, -0.05) is 36.4 Å². The van der Waals surface area contributed by atoms with Crippen LogP contribution in [0.4, 0.5) is 0 Å². The monoisotopic (exact) mass is 466 g/mol. The van der Waals surface area contributed by atoms with Crippen LogP contribution in [0.25, 0.3) is 10.9 Å². The topological polar surface area (TPSA) is 106 Å². The summed E-state index contributed by atoms with van der Waals surface area (Å²) in [5, 5.41) is 14.1. The zero-order valence-electron chi connectivity index (χ0n) is 19.0. The van der Waals surface area contributed by atoms with Crippen molar-refractivity contribution < 1.29 is 19.0 Å². The summed E-state index contributed by atoms with van der Waals surface area (Å²) in [5.41, 5.74) is 5.18. The van der Waals surface area contributed by atoms with E-state index in [0.717, 1.165) is 10.9 Å². The molecule has 0 unspecified atom stereocenters. The molecule has 4 rings (SSSR count). The van der Waals surface area contributed by atoms with Gasteiger partial charge in [-0.3, -0.25) is 9.78 Å². The van der Waals surface area contributed by atoms with E-state index in [4.69, 9.17) is 14.2 Å². The molecule has 8 heteroatoms. The van der Waals surface area contributed by atoms with E-state index in [1.54, 1.807) is 36.5 Å². The van der Waals surface area contributed by atoms with Gasteiger partial charge in [0.1, 0.15) is 17.9 Å². The van der Waals surface area contributed by atoms with Crippen molar-refractivity contribution >= 4 is 23.0 Å². The van der Waals surface area contributed by atoms with Crippen LogP contribution in [0.3, 0.4) is 0 Å². The summed E-state index contributed by atoms with van der Waals surface area (Å²) in [4.78, 5) is 16.5. The second-order valence-corrected chi connectivity index (χ2v) is 7.38. The predicted octanol–water partition coefficient (Wildman–Crippen LogP) is 4.22. The molecule has 0 fully saturated rings. The molecular weight excluding hydrogens is 444 g/mol. The lowest BCUT2D eigenvalue weighted by Crippen LogP contribution is -2.24. The number of ether oxygens (including phenoxy) is 3. The molecule has 1 aromatic heterocycles. The minimum Gasteiger partial charge on any atom is -0.493 e. The maximum Gasteiger partial charge on any atom is 0.277 e. The standard InChI is InChI=1S/C27H22N4O4/c1-33-25-14-19(11-12-23(25)34-17-22-7-3-2-6-21(22)15-28)16-30-31-26(32)18-35-24-10-4-8-20-9-5-13-29-27(20)24/h2-14,16H,17-18H2,1H3,(H,31,32)/b30-16-. The molecule has 0 aliphatic rings. The van der Waals surface area contributed by atoms with Crippen molar-refractivity contribution in [2.24, 2.45) is 5.10 Å². The number of nitriles is 1. The third kappa shape index (κ3) is 5.92. The molecule has 0 aliphatic carbocycles. The lowest BCUT2D eigenvalue weighted by atomic mass is 10.1. The summed E-state index contributed by atoms with van der Waals surface area (Å²) in [6.07, 6.45) is 3.17. The Labute approximate surface area is 202 Å². The first-order valence-electron chi connectivity index (χ1n) is 10.7. The third-order valence-electron chi connectivity index (χ3n) is 5.07. The van der Waals surface area contributed by atoms with E-state index < -0.39 is 5.91 Å². The zero-order chi connectivity index (χ0) is 24.5. The molecule has 3 aromatic carbocycles. The number of aromatic nitrogens is 1. The molecule has 0 radical (unpaired) electrons. The van der Waals surface area contributed by atoms with Crippen molar-refractivity contribution in [2.75, 3.05) is 13.7 Å². The van der Waals surface area contributed by atoms with Gasteiger partial charge >= 0.3 is 0 Å². The highest BCUT2D eigenvalue weighted by atomic mass is 16.5. The van der Waals surface area contributed by atoms with Crippen LogP contribution in [0.15, 0.2) is 84.1 Å². The Kier molecular flexibility index (Phi) is 7.51. The molecule has 4 aromatic rings. The summed E-state index contributed by atoms with van der Waals surface area (Å²) in [6, 6.07) is 24.0. The van der Waals surface area contributed by atoms with E-state index in [1.807, 2.05) is 42.5 Å². The molecular formula is C27H22N4O4. The Morgan fingerprint density at radius 3 is 2.74 bits per heavy atom. The highest BCUT2D eigenvalue weighted by Gasteiger charge is 2.09. The van der Waals surface area contributed by atoms with E-state index in [-0.39, 0.29) is 13.2 Å². The number of fused-ring (bicyclic) bond motifs is 1. The van der Waals surface area contributed by atoms with Gasteiger partial charge < -0.3 is 14.2 Å². The quantitative estimate of drug-likeness (QED) is 0.292. The molecule has 0 saturated carbocycles. The lowest BCUT2D eigenvalue weighted by Gasteiger charge is -2.12. The SMILES string of the molecule is COc1cc(/C=N\NC(=O)COc2cccc3cccnc23)ccc1OCc1ccccc1C#N. The number of nitrogens with one attached hydrogen (secondary N) is 1. The smallest absolute Gasteiger partial charge is 0.277 e. The maximum atomic E-state index is 12.2. The first-order chi connectivity index (χ1) is 17.2. The third-order valence-corrected chi connectivity index (χ3v) is 5.07. The van der Waals surface area contributed by atoms with Crippen LogP contribution in [0, 0.1) is 11.3 Å². The number of hydrazone groups is 1. The van der Waals surface area contributed by atoms with Crippen LogP contribution in [0.2, 0.25) is 0 Å². The molecule has 1 heterocycles. The van der Waals surface area contributed by atoms with Gasteiger partial charge in [0.2, 0.25) is 0 Å². The van der Waals surface area contributed by atoms with E-state index >= 15 is 0 Å². The number of hydrogen-bond acceptors (Lipinski definition) is 7. The van der Waals surface area contributed by atoms with Crippen molar-refractivity contribution in [1.82, 2.24) is 10.4 Å². The summed E-state index contributed by atoms with van der Waals surface area (Å²) in [5.74, 6) is 1.15. The van der Waals surface area contributed by atoms with E-state index in [0.29, 0.717) is 33.9 Å². The van der Waals surface area contributed by atoms with Crippen LogP contribution in [0.5, 0.6) is 17.2 Å². The average molecular weight is 466 g/mol. The molecule has 1 amide bonds. The van der Waals surface area contributed by atoms with Gasteiger partial charge in [-0.2, -0.15) is 10.4 Å². The van der Waals surface area contributed by atoms with Crippen LogP contribution in [-0.2, 0) is 11.4 Å². The summed E-state index contributed by atoms with van der Waals surface area (Å²) in [7, 11) is 1.54. The number of rotatable bonds is 9. The first kappa shape index (κ1) is 23.3. The summed E-state index contributed by atoms with van der Waals surface area (Å²) >= 11 is 0. The van der Waals surface area contributed by atoms with Crippen molar-refractivity contribution in [3.8, 4) is 23.3 Å². The summed E-state index contributed by atoms with van der Waals surface area (Å²) < 4.78 is 16.9. The maximum absolute atomic E-state index is 12.2. The Balaban J connectivity index is 1.33. The molecule has 0 atom stereocenters. The van der Waals surface area contributed by atoms with Gasteiger partial charge in [0.15, 0.2) is 18.1 Å². The number of carbonyl (C=O) groups excluding carboxylic acids is 1. The second kappa shape index (κ2) is 11.3. The largest absolute Gasteiger partial charge is 0.493 e. The molecule has 1 N–H and O–H groups in total. The number of para-hydroxylation sites is 1. The zero-order valence-corrected chi connectivity index (χ0v) is 19.0. The van der Waals surface area contributed by atoms with Gasteiger partial charge in [-0.15, -0.1) is 0 Å². The van der Waals surface area contributed by atoms with Gasteiger partial charge in [0, 0.05) is 17.1 Å². The summed E-state index contributed by atoms with van der Waals surface area (Å²) in [6.45, 7) is 0.0309. The number of amides is 1. The van der Waals surface area contributed by atoms with E-state index in [2.05, 4.69) is 21.6 Å². The fraction of sp³-hybridized carbons (Fsp3) is 0.111. The van der Waals surface area contributed by atoms with E-state index in [1.165, 1.54) is 13.3 Å². The Bertz CT molecular complexity index is 1410. The molecule has 0 saturated heterocycles. The Morgan fingerprint density at radius 2 is 1.89 bits per heavy atom. The van der Waals surface area contributed by atoms with Crippen molar-refractivity contribution in [2.45, 2.75) is 6.61 Å². The van der Waals surface area contributed by atoms with Crippen LogP contribution in [0.1, 0.15) is 16.7 Å². The highest BCUT2D eigenvalue weighted by molar-refractivity contribution is 5.86. The fourth-order valence-electron chi connectivity index (χ4n) is 3.34. The van der Waals surface area contributed by atoms with Crippen LogP contribution in [-0.4, -0.2) is 30.8 Å². The number of benzene rings is 3. The van der Waals surface area contributed by atoms with Crippen molar-refractivity contribution in [3.63, 3.8) is 0 Å². The number of pyridine rings is 1. The number of methoxy groups -OCH3 is 1. The lowest BCUT2D eigenvalue weighted by molar-refractivity contribution is -0.123. The molecule has 8 nitrogen and oxygen atoms in total. The van der Waals surface area contributed by atoms with Gasteiger partial charge in [-0.25, -0.2) is 5.43 Å². The molecule has 35 heavy (non-hydrogen) atoms. The van der Waals surface area contributed by atoms with Crippen LogP contribution < -0.4 is 19.6 Å². The highest BCUT2D eigenvalue weighted by Crippen LogP contribution is 2.28.